The van der Waals surface area contributed by atoms with Crippen LogP contribution in [0.2, 0.25) is 0 Å². The standard InChI is InChI=1S/C18H19F3N4O/c19-18(20,21)13-2-1-3-15(8-13)25-10-14(9-22-25)23-17(26)24-16(11-4-5-11)12-6-7-12/h1-3,8-12,16H,4-7H2,(H2,23,24,26). The Balaban J connectivity index is 1.42. The minimum Gasteiger partial charge on any atom is -0.335 e. The number of urea groups is 1. The van der Waals surface area contributed by atoms with Crippen molar-refractivity contribution in [3.05, 3.63) is 42.2 Å². The second kappa shape index (κ2) is 6.34. The van der Waals surface area contributed by atoms with Crippen LogP contribution in [0.15, 0.2) is 36.7 Å². The Morgan fingerprint density at radius 1 is 1.19 bits per heavy atom. The van der Waals surface area contributed by atoms with Crippen LogP contribution in [0.3, 0.4) is 0 Å². The third-order valence-electron chi connectivity index (χ3n) is 4.84. The van der Waals surface area contributed by atoms with Gasteiger partial charge in [0.2, 0.25) is 0 Å². The highest BCUT2D eigenvalue weighted by Gasteiger charge is 2.42. The molecule has 1 aromatic heterocycles. The van der Waals surface area contributed by atoms with Crippen LogP contribution in [0, 0.1) is 11.8 Å². The fourth-order valence-corrected chi connectivity index (χ4v) is 3.20. The molecule has 0 radical (unpaired) electrons. The van der Waals surface area contributed by atoms with Gasteiger partial charge in [-0.1, -0.05) is 6.07 Å². The number of anilines is 1. The number of carbonyl (C=O) groups is 1. The summed E-state index contributed by atoms with van der Waals surface area (Å²) in [6, 6.07) is 4.83. The average molecular weight is 364 g/mol. The number of benzene rings is 1. The number of rotatable bonds is 5. The molecular weight excluding hydrogens is 345 g/mol. The Morgan fingerprint density at radius 2 is 1.88 bits per heavy atom. The lowest BCUT2D eigenvalue weighted by Gasteiger charge is -2.17. The van der Waals surface area contributed by atoms with E-state index in [1.165, 1.54) is 29.2 Å². The first-order valence-corrected chi connectivity index (χ1v) is 8.70. The van der Waals surface area contributed by atoms with Crippen LogP contribution in [0.4, 0.5) is 23.7 Å². The third-order valence-corrected chi connectivity index (χ3v) is 4.84. The summed E-state index contributed by atoms with van der Waals surface area (Å²) in [6.45, 7) is 0. The Labute approximate surface area is 148 Å². The predicted molar refractivity (Wildman–Crippen MR) is 90.0 cm³/mol. The van der Waals surface area contributed by atoms with Gasteiger partial charge in [-0.15, -0.1) is 0 Å². The summed E-state index contributed by atoms with van der Waals surface area (Å²) in [7, 11) is 0. The van der Waals surface area contributed by atoms with Gasteiger partial charge in [0.25, 0.3) is 0 Å². The molecule has 1 aromatic carbocycles. The summed E-state index contributed by atoms with van der Waals surface area (Å²) < 4.78 is 39.8. The minimum absolute atomic E-state index is 0.230. The maximum atomic E-state index is 12.8. The fraction of sp³-hybridized carbons (Fsp3) is 0.444. The van der Waals surface area contributed by atoms with Gasteiger partial charge >= 0.3 is 12.2 Å². The van der Waals surface area contributed by atoms with Crippen LogP contribution in [0.25, 0.3) is 5.69 Å². The van der Waals surface area contributed by atoms with Gasteiger partial charge in [0, 0.05) is 6.04 Å². The van der Waals surface area contributed by atoms with Crippen molar-refractivity contribution in [3.8, 4) is 5.69 Å². The molecule has 8 heteroatoms. The first kappa shape index (κ1) is 16.9. The van der Waals surface area contributed by atoms with E-state index in [1.807, 2.05) is 0 Å². The molecule has 2 aliphatic carbocycles. The van der Waals surface area contributed by atoms with Gasteiger partial charge in [0.15, 0.2) is 0 Å². The number of hydrogen-bond acceptors (Lipinski definition) is 2. The molecule has 4 rings (SSSR count). The molecule has 2 aliphatic rings. The molecule has 0 aliphatic heterocycles. The summed E-state index contributed by atoms with van der Waals surface area (Å²) in [6.07, 6.45) is 3.15. The lowest BCUT2D eigenvalue weighted by atomic mass is 10.1. The van der Waals surface area contributed by atoms with E-state index in [1.54, 1.807) is 0 Å². The lowest BCUT2D eigenvalue weighted by molar-refractivity contribution is -0.137. The highest BCUT2D eigenvalue weighted by Crippen LogP contribution is 2.44. The largest absolute Gasteiger partial charge is 0.416 e. The number of nitrogens with one attached hydrogen (secondary N) is 2. The zero-order valence-corrected chi connectivity index (χ0v) is 14.0. The van der Waals surface area contributed by atoms with Crippen molar-refractivity contribution in [2.45, 2.75) is 37.9 Å². The van der Waals surface area contributed by atoms with Crippen molar-refractivity contribution in [3.63, 3.8) is 0 Å². The van der Waals surface area contributed by atoms with Crippen molar-refractivity contribution in [1.29, 1.82) is 0 Å². The van der Waals surface area contributed by atoms with Crippen LogP contribution in [-0.4, -0.2) is 21.9 Å². The number of nitrogens with zero attached hydrogens (tertiary/aromatic N) is 2. The number of halogens is 3. The summed E-state index contributed by atoms with van der Waals surface area (Å²) in [5.41, 5.74) is -0.0261. The zero-order valence-electron chi connectivity index (χ0n) is 14.0. The zero-order chi connectivity index (χ0) is 18.3. The highest BCUT2D eigenvalue weighted by atomic mass is 19.4. The number of aromatic nitrogens is 2. The van der Waals surface area contributed by atoms with E-state index in [-0.39, 0.29) is 17.8 Å². The summed E-state index contributed by atoms with van der Waals surface area (Å²) >= 11 is 0. The van der Waals surface area contributed by atoms with Gasteiger partial charge in [-0.2, -0.15) is 18.3 Å². The summed E-state index contributed by atoms with van der Waals surface area (Å²) in [5, 5.41) is 9.79. The van der Waals surface area contributed by atoms with E-state index in [2.05, 4.69) is 15.7 Å². The number of carbonyl (C=O) groups excluding carboxylic acids is 1. The molecule has 0 bridgehead atoms. The molecular formula is C18H19F3N4O. The summed E-state index contributed by atoms with van der Waals surface area (Å²) in [4.78, 5) is 12.2. The molecule has 2 saturated carbocycles. The van der Waals surface area contributed by atoms with Crippen LogP contribution >= 0.6 is 0 Å². The van der Waals surface area contributed by atoms with Crippen LogP contribution in [0.5, 0.6) is 0 Å². The maximum Gasteiger partial charge on any atom is 0.416 e. The average Bonchev–Trinajstić information content (AvgIpc) is 3.51. The molecule has 2 amide bonds. The second-order valence-electron chi connectivity index (χ2n) is 7.02. The van der Waals surface area contributed by atoms with Crippen molar-refractivity contribution >= 4 is 11.7 Å². The van der Waals surface area contributed by atoms with E-state index in [9.17, 15) is 18.0 Å². The van der Waals surface area contributed by atoms with Crippen molar-refractivity contribution in [2.75, 3.05) is 5.32 Å². The van der Waals surface area contributed by atoms with E-state index in [4.69, 9.17) is 0 Å². The number of amides is 2. The quantitative estimate of drug-likeness (QED) is 0.835. The molecule has 0 unspecified atom stereocenters. The molecule has 2 fully saturated rings. The second-order valence-corrected chi connectivity index (χ2v) is 7.02. The first-order chi connectivity index (χ1) is 12.4. The molecule has 0 saturated heterocycles. The van der Waals surface area contributed by atoms with Gasteiger partial charge in [-0.05, 0) is 55.7 Å². The lowest BCUT2D eigenvalue weighted by Crippen LogP contribution is -2.40. The minimum atomic E-state index is -4.41. The van der Waals surface area contributed by atoms with Crippen LogP contribution in [-0.2, 0) is 6.18 Å². The van der Waals surface area contributed by atoms with E-state index < -0.39 is 11.7 Å². The highest BCUT2D eigenvalue weighted by molar-refractivity contribution is 5.89. The molecule has 138 valence electrons. The van der Waals surface area contributed by atoms with Gasteiger partial charge in [-0.25, -0.2) is 9.48 Å². The fourth-order valence-electron chi connectivity index (χ4n) is 3.20. The normalized spacial score (nSPS) is 17.4. The predicted octanol–water partition coefficient (Wildman–Crippen LogP) is 4.20. The maximum absolute atomic E-state index is 12.8. The monoisotopic (exact) mass is 364 g/mol. The van der Waals surface area contributed by atoms with Gasteiger partial charge in [0.1, 0.15) is 0 Å². The van der Waals surface area contributed by atoms with Gasteiger partial charge in [0.05, 0.1) is 29.3 Å². The number of hydrogen-bond donors (Lipinski definition) is 2. The SMILES string of the molecule is O=C(Nc1cnn(-c2cccc(C(F)(F)F)c2)c1)NC(C1CC1)C1CC1. The molecule has 0 spiro atoms. The van der Waals surface area contributed by atoms with E-state index >= 15 is 0 Å². The molecule has 2 N–H and O–H groups in total. The molecule has 26 heavy (non-hydrogen) atoms. The topological polar surface area (TPSA) is 59.0 Å². The Kier molecular flexibility index (Phi) is 4.13. The Bertz CT molecular complexity index is 797. The smallest absolute Gasteiger partial charge is 0.335 e. The van der Waals surface area contributed by atoms with Gasteiger partial charge in [-0.3, -0.25) is 0 Å². The van der Waals surface area contributed by atoms with E-state index in [0.717, 1.165) is 37.8 Å². The van der Waals surface area contributed by atoms with E-state index in [0.29, 0.717) is 17.5 Å². The number of alkyl halides is 3. The van der Waals surface area contributed by atoms with Gasteiger partial charge < -0.3 is 10.6 Å². The van der Waals surface area contributed by atoms with Crippen molar-refractivity contribution in [2.24, 2.45) is 11.8 Å². The molecule has 2 aromatic rings. The van der Waals surface area contributed by atoms with Crippen molar-refractivity contribution in [1.82, 2.24) is 15.1 Å². The first-order valence-electron chi connectivity index (χ1n) is 8.70. The van der Waals surface area contributed by atoms with Crippen molar-refractivity contribution < 1.29 is 18.0 Å². The Morgan fingerprint density at radius 3 is 2.50 bits per heavy atom. The molecule has 1 heterocycles. The molecule has 0 atom stereocenters. The summed E-state index contributed by atoms with van der Waals surface area (Å²) in [5.74, 6) is 1.17. The Hall–Kier alpha value is -2.51. The van der Waals surface area contributed by atoms with Crippen LogP contribution < -0.4 is 10.6 Å². The third kappa shape index (κ3) is 3.84. The van der Waals surface area contributed by atoms with Crippen LogP contribution in [0.1, 0.15) is 31.2 Å². The molecule has 5 nitrogen and oxygen atoms in total.